The maximum absolute atomic E-state index is 9.63. The van der Waals surface area contributed by atoms with Crippen LogP contribution < -0.4 is 0 Å². The van der Waals surface area contributed by atoms with Gasteiger partial charge in [-0.15, -0.1) is 0 Å². The second-order valence-corrected chi connectivity index (χ2v) is 4.11. The van der Waals surface area contributed by atoms with Crippen molar-refractivity contribution in [3.05, 3.63) is 73.7 Å². The molecule has 0 aliphatic rings. The quantitative estimate of drug-likeness (QED) is 0.485. The zero-order chi connectivity index (χ0) is 17.2. The number of nitrogens with zero attached hydrogens (tertiary/aromatic N) is 1. The van der Waals surface area contributed by atoms with Crippen LogP contribution in [0.25, 0.3) is 22.2 Å². The Bertz CT molecular complexity index is 723. The normalized spacial score (nSPS) is 10.4. The van der Waals surface area contributed by atoms with E-state index in [9.17, 15) is 5.11 Å². The Morgan fingerprint density at radius 2 is 1.54 bits per heavy atom. The number of benzene rings is 2. The maximum Gasteiger partial charge on any atom is 0.0713 e. The molecule has 2 nitrogen and oxygen atoms in total. The number of fused-ring (bicyclic) bond motifs is 1. The van der Waals surface area contributed by atoms with Gasteiger partial charge in [0.05, 0.1) is 27.0 Å². The number of aliphatic hydroxyl groups excluding tert-OH is 1. The summed E-state index contributed by atoms with van der Waals surface area (Å²) >= 11 is 0. The van der Waals surface area contributed by atoms with Gasteiger partial charge >= 0.3 is 0 Å². The summed E-state index contributed by atoms with van der Waals surface area (Å²) in [5.74, 6) is 0. The average Bonchev–Trinajstić information content (AvgIpc) is 2.64. The third kappa shape index (κ3) is 6.47. The molecule has 0 bridgehead atoms. The molecule has 0 saturated carbocycles. The van der Waals surface area contributed by atoms with Crippen LogP contribution in [-0.2, 0) is 39.3 Å². The largest absolute Gasteiger partial charge is 0.392 e. The van der Waals surface area contributed by atoms with Gasteiger partial charge in [-0.05, 0) is 17.7 Å². The van der Waals surface area contributed by atoms with Crippen LogP contribution in [0.4, 0.5) is 0 Å². The predicted octanol–water partition coefficient (Wildman–Crippen LogP) is 5.07. The monoisotopic (exact) mass is 396 g/mol. The van der Waals surface area contributed by atoms with Gasteiger partial charge in [-0.1, -0.05) is 69.2 Å². The Kier molecular flexibility index (Phi) is 13.7. The van der Waals surface area contributed by atoms with Gasteiger partial charge < -0.3 is 12.5 Å². The van der Waals surface area contributed by atoms with Crippen LogP contribution in [0.1, 0.15) is 20.8 Å². The smallest absolute Gasteiger partial charge is 0.0713 e. The summed E-state index contributed by atoms with van der Waals surface area (Å²) in [5, 5.41) is 10.5. The van der Waals surface area contributed by atoms with Crippen molar-refractivity contribution in [2.45, 2.75) is 27.3 Å². The van der Waals surface area contributed by atoms with Gasteiger partial charge in [0.1, 0.15) is 0 Å². The van der Waals surface area contributed by atoms with Gasteiger partial charge in [0.25, 0.3) is 0 Å². The Morgan fingerprint density at radius 1 is 1.00 bits per heavy atom. The molecule has 1 unspecified atom stereocenters. The molecule has 3 aromatic rings. The van der Waals surface area contributed by atoms with E-state index in [0.717, 1.165) is 22.2 Å². The van der Waals surface area contributed by atoms with E-state index in [1.807, 2.05) is 68.4 Å². The minimum absolute atomic E-state index is 0. The number of aliphatic hydroxyl groups is 1. The summed E-state index contributed by atoms with van der Waals surface area (Å²) in [6.07, 6.45) is 0. The SMILES string of the molecule is CC.[2H]C(O)c1cc(-c2ccccc2)nc2ccccc12.[B]C.[CH3-].[Y]. The van der Waals surface area contributed by atoms with Crippen LogP contribution in [0.2, 0.25) is 6.82 Å². The van der Waals surface area contributed by atoms with Crippen molar-refractivity contribution >= 4 is 18.7 Å². The van der Waals surface area contributed by atoms with Gasteiger partial charge in [-0.2, -0.15) is 0 Å². The second kappa shape index (κ2) is 14.3. The van der Waals surface area contributed by atoms with E-state index in [2.05, 4.69) is 12.8 Å². The van der Waals surface area contributed by atoms with E-state index in [1.165, 1.54) is 6.82 Å². The van der Waals surface area contributed by atoms with Gasteiger partial charge in [0.2, 0.25) is 0 Å². The van der Waals surface area contributed by atoms with E-state index >= 15 is 0 Å². The summed E-state index contributed by atoms with van der Waals surface area (Å²) < 4.78 is 7.59. The van der Waals surface area contributed by atoms with Crippen molar-refractivity contribution in [3.8, 4) is 11.3 Å². The standard InChI is InChI=1S/C16H13NO.C2H6.CH3B.CH3.Y/c18-11-13-10-16(12-6-2-1-3-7-12)17-15-9-5-4-8-14(13)15;2*1-2;;/h1-10,18H,11H2;1-2H3;1H3;1H3;/q;;;-1;/i11D;;;;. The first-order chi connectivity index (χ1) is 11.3. The predicted molar refractivity (Wildman–Crippen MR) is 102 cm³/mol. The maximum atomic E-state index is 9.63. The van der Waals surface area contributed by atoms with Crippen molar-refractivity contribution in [2.75, 3.05) is 0 Å². The number of rotatable bonds is 2. The van der Waals surface area contributed by atoms with E-state index < -0.39 is 6.58 Å². The van der Waals surface area contributed by atoms with Crippen molar-refractivity contribution in [2.24, 2.45) is 0 Å². The van der Waals surface area contributed by atoms with E-state index in [-0.39, 0.29) is 40.1 Å². The fraction of sp³-hybridized carbons (Fsp3) is 0.200. The van der Waals surface area contributed by atoms with Crippen LogP contribution in [0, 0.1) is 7.43 Å². The number of pyridine rings is 1. The zero-order valence-electron chi connectivity index (χ0n) is 15.9. The molecule has 2 aromatic carbocycles. The number of para-hydroxylation sites is 1. The molecular formula is C20H25BNOY-. The molecule has 0 fully saturated rings. The molecule has 1 N–H and O–H groups in total. The molecule has 3 rings (SSSR count). The molecular weight excluding hydrogens is 370 g/mol. The molecule has 0 saturated heterocycles. The minimum atomic E-state index is -1.25. The third-order valence-electron chi connectivity index (χ3n) is 2.96. The summed E-state index contributed by atoms with van der Waals surface area (Å²) in [4.78, 5) is 4.59. The number of hydrogen-bond donors (Lipinski definition) is 1. The molecule has 1 aromatic heterocycles. The topological polar surface area (TPSA) is 33.1 Å². The summed E-state index contributed by atoms with van der Waals surface area (Å²) in [7, 11) is 4.50. The summed E-state index contributed by atoms with van der Waals surface area (Å²) in [5.41, 5.74) is 3.14. The Morgan fingerprint density at radius 3 is 2.12 bits per heavy atom. The molecule has 0 aliphatic carbocycles. The van der Waals surface area contributed by atoms with Crippen molar-refractivity contribution in [3.63, 3.8) is 0 Å². The van der Waals surface area contributed by atoms with Crippen LogP contribution >= 0.6 is 0 Å². The Balaban J connectivity index is 0. The second-order valence-electron chi connectivity index (χ2n) is 4.11. The van der Waals surface area contributed by atoms with Gasteiger partial charge in [0.15, 0.2) is 0 Å². The first-order valence-electron chi connectivity index (χ1n) is 7.96. The molecule has 3 radical (unpaired) electrons. The molecule has 0 amide bonds. The molecule has 0 spiro atoms. The fourth-order valence-electron chi connectivity index (χ4n) is 2.07. The number of hydrogen-bond acceptors (Lipinski definition) is 2. The van der Waals surface area contributed by atoms with Crippen molar-refractivity contribution < 1.29 is 39.2 Å². The number of aromatic nitrogens is 1. The van der Waals surface area contributed by atoms with Crippen molar-refractivity contribution in [1.29, 1.82) is 0 Å². The molecule has 4 heteroatoms. The molecule has 0 aliphatic heterocycles. The average molecular weight is 396 g/mol. The van der Waals surface area contributed by atoms with Gasteiger partial charge in [0, 0.05) is 43.7 Å². The molecule has 1 heterocycles. The zero-order valence-corrected chi connectivity index (χ0v) is 17.7. The minimum Gasteiger partial charge on any atom is -0.392 e. The van der Waals surface area contributed by atoms with E-state index in [0.29, 0.717) is 5.56 Å². The molecule has 24 heavy (non-hydrogen) atoms. The summed E-state index contributed by atoms with van der Waals surface area (Å²) in [6.45, 7) is 4.25. The van der Waals surface area contributed by atoms with E-state index in [1.54, 1.807) is 6.07 Å². The fourth-order valence-corrected chi connectivity index (χ4v) is 2.07. The van der Waals surface area contributed by atoms with Crippen LogP contribution in [0.15, 0.2) is 60.7 Å². The first kappa shape index (κ1) is 23.0. The van der Waals surface area contributed by atoms with Gasteiger partial charge in [-0.25, -0.2) is 4.98 Å². The third-order valence-corrected chi connectivity index (χ3v) is 2.96. The Hall–Kier alpha value is -1.02. The van der Waals surface area contributed by atoms with Crippen molar-refractivity contribution in [1.82, 2.24) is 4.98 Å². The van der Waals surface area contributed by atoms with E-state index in [4.69, 9.17) is 1.37 Å². The van der Waals surface area contributed by atoms with Crippen LogP contribution in [0.5, 0.6) is 0 Å². The molecule has 1 atom stereocenters. The molecule has 123 valence electrons. The Labute approximate surface area is 174 Å². The first-order valence-corrected chi connectivity index (χ1v) is 7.39. The van der Waals surface area contributed by atoms with Crippen LogP contribution in [0.3, 0.4) is 0 Å². The van der Waals surface area contributed by atoms with Crippen LogP contribution in [-0.4, -0.2) is 17.9 Å². The van der Waals surface area contributed by atoms with Gasteiger partial charge in [-0.3, -0.25) is 0 Å². The summed E-state index contributed by atoms with van der Waals surface area (Å²) in [6, 6.07) is 19.1.